The minimum absolute atomic E-state index is 0. The first kappa shape index (κ1) is 31.4. The molecule has 0 atom stereocenters. The van der Waals surface area contributed by atoms with Gasteiger partial charge < -0.3 is 12.4 Å². The van der Waals surface area contributed by atoms with Crippen molar-refractivity contribution in [3.63, 3.8) is 0 Å². The van der Waals surface area contributed by atoms with Crippen molar-refractivity contribution in [1.82, 2.24) is 0 Å². The van der Waals surface area contributed by atoms with E-state index in [1.165, 1.54) is 0 Å². The van der Waals surface area contributed by atoms with Gasteiger partial charge in [-0.15, -0.1) is 24.8 Å². The van der Waals surface area contributed by atoms with Crippen LogP contribution in [0.15, 0.2) is 0 Å². The fourth-order valence-electron chi connectivity index (χ4n) is 0. The van der Waals surface area contributed by atoms with Crippen LogP contribution < -0.4 is 63.8 Å². The minimum Gasteiger partial charge on any atom is -1.00 e. The van der Waals surface area contributed by atoms with Gasteiger partial charge in [-0.25, -0.2) is 0 Å². The second-order valence-electron chi connectivity index (χ2n) is 0. The number of rotatable bonds is 0. The van der Waals surface area contributed by atoms with Crippen LogP contribution in [-0.4, -0.2) is 0 Å². The molecule has 0 aromatic heterocycles. The molecule has 0 rings (SSSR count). The van der Waals surface area contributed by atoms with Gasteiger partial charge in [0.15, 0.2) is 0 Å². The predicted octanol–water partition coefficient (Wildman–Crippen LogP) is -5.15. The van der Waals surface area contributed by atoms with Crippen molar-refractivity contribution in [2.24, 2.45) is 0 Å². The average Bonchev–Trinajstić information content (AvgIpc) is 0. The first-order valence-corrected chi connectivity index (χ1v) is 0. The van der Waals surface area contributed by atoms with E-state index in [2.05, 4.69) is 0 Å². The maximum atomic E-state index is 0. The zero-order chi connectivity index (χ0) is 0. The molecular weight excluding hydrogens is 145 g/mol. The van der Waals surface area contributed by atoms with E-state index in [9.17, 15) is 0 Å². The van der Waals surface area contributed by atoms with E-state index < -0.39 is 0 Å². The van der Waals surface area contributed by atoms with E-state index in [4.69, 9.17) is 0 Å². The Hall–Kier alpha value is 2.51. The standard InChI is InChI=1S/3ClH.K/h3*1H;/q;;;+1/p-1. The molecule has 0 unspecified atom stereocenters. The van der Waals surface area contributed by atoms with Crippen molar-refractivity contribution in [2.75, 3.05) is 0 Å². The van der Waals surface area contributed by atoms with Crippen molar-refractivity contribution in [3.05, 3.63) is 0 Å². The Labute approximate surface area is 86.8 Å². The zero-order valence-corrected chi connectivity index (χ0v) is 7.71. The van der Waals surface area contributed by atoms with Crippen LogP contribution in [0.3, 0.4) is 0 Å². The fourth-order valence-corrected chi connectivity index (χ4v) is 0. The first-order valence-electron chi connectivity index (χ1n) is 0. The third-order valence-electron chi connectivity index (χ3n) is 0. The molecular formula is H2Cl3K. The number of hydrogen-bond acceptors (Lipinski definition) is 0. The van der Waals surface area contributed by atoms with Gasteiger partial charge in [-0.05, 0) is 0 Å². The summed E-state index contributed by atoms with van der Waals surface area (Å²) in [5.74, 6) is 0. The summed E-state index contributed by atoms with van der Waals surface area (Å²) < 4.78 is 0. The molecule has 4 heteroatoms. The van der Waals surface area contributed by atoms with Gasteiger partial charge >= 0.3 is 51.4 Å². The topological polar surface area (TPSA) is 0 Å². The van der Waals surface area contributed by atoms with Crippen LogP contribution in [-0.2, 0) is 0 Å². The van der Waals surface area contributed by atoms with E-state index in [1.54, 1.807) is 0 Å². The third kappa shape index (κ3) is 8.82. The van der Waals surface area contributed by atoms with Crippen molar-refractivity contribution >= 4 is 24.8 Å². The van der Waals surface area contributed by atoms with Crippen LogP contribution in [0.2, 0.25) is 0 Å². The van der Waals surface area contributed by atoms with Crippen molar-refractivity contribution in [3.8, 4) is 0 Å². The van der Waals surface area contributed by atoms with E-state index in [1.807, 2.05) is 0 Å². The molecule has 0 saturated heterocycles. The summed E-state index contributed by atoms with van der Waals surface area (Å²) in [7, 11) is 0. The smallest absolute Gasteiger partial charge is 1.00 e. The zero-order valence-electron chi connectivity index (χ0n) is 2.19. The monoisotopic (exact) mass is 146 g/mol. The Kier molecular flexibility index (Phi) is 140. The van der Waals surface area contributed by atoms with Gasteiger partial charge in [0.1, 0.15) is 0 Å². The van der Waals surface area contributed by atoms with Gasteiger partial charge in [-0.1, -0.05) is 0 Å². The van der Waals surface area contributed by atoms with Gasteiger partial charge in [0, 0.05) is 0 Å². The SMILES string of the molecule is Cl.Cl.[Cl-].[K+]. The molecule has 0 aliphatic rings. The largest absolute Gasteiger partial charge is 1.00 e. The molecule has 4 heavy (non-hydrogen) atoms. The Bertz CT molecular complexity index is 3.25. The molecule has 0 aliphatic carbocycles. The van der Waals surface area contributed by atoms with Gasteiger partial charge in [0.2, 0.25) is 0 Å². The van der Waals surface area contributed by atoms with Gasteiger partial charge in [-0.2, -0.15) is 0 Å². The molecule has 0 heterocycles. The molecule has 0 amide bonds. The summed E-state index contributed by atoms with van der Waals surface area (Å²) in [5, 5.41) is 0. The number of hydrogen-bond donors (Lipinski definition) is 0. The maximum Gasteiger partial charge on any atom is 1.00 e. The van der Waals surface area contributed by atoms with E-state index in [0.29, 0.717) is 0 Å². The molecule has 0 N–H and O–H groups in total. The Morgan fingerprint density at radius 2 is 0.750 bits per heavy atom. The average molecular weight is 147 g/mol. The molecule has 0 spiro atoms. The summed E-state index contributed by atoms with van der Waals surface area (Å²) >= 11 is 0. The predicted molar refractivity (Wildman–Crippen MR) is 14.5 cm³/mol. The van der Waals surface area contributed by atoms with Crippen LogP contribution in [0.5, 0.6) is 0 Å². The third-order valence-corrected chi connectivity index (χ3v) is 0. The fraction of sp³-hybridized carbons (Fsp3) is 0. The summed E-state index contributed by atoms with van der Waals surface area (Å²) in [6.07, 6.45) is 0. The summed E-state index contributed by atoms with van der Waals surface area (Å²) in [6.45, 7) is 0. The molecule has 0 radical (unpaired) electrons. The first-order chi connectivity index (χ1) is 0. The van der Waals surface area contributed by atoms with E-state index in [-0.39, 0.29) is 88.6 Å². The second-order valence-corrected chi connectivity index (χ2v) is 0. The molecule has 0 bridgehead atoms. The molecule has 24 valence electrons. The van der Waals surface area contributed by atoms with E-state index >= 15 is 0 Å². The van der Waals surface area contributed by atoms with Gasteiger partial charge in [0.25, 0.3) is 0 Å². The maximum absolute atomic E-state index is 0. The normalized spacial score (nSPS) is 0. The van der Waals surface area contributed by atoms with Crippen LogP contribution in [0.25, 0.3) is 0 Å². The van der Waals surface area contributed by atoms with Crippen molar-refractivity contribution in [1.29, 1.82) is 0 Å². The van der Waals surface area contributed by atoms with Crippen LogP contribution >= 0.6 is 24.8 Å². The Morgan fingerprint density at radius 1 is 0.750 bits per heavy atom. The molecule has 0 fully saturated rings. The van der Waals surface area contributed by atoms with Crippen LogP contribution in [0, 0.1) is 0 Å². The van der Waals surface area contributed by atoms with E-state index in [0.717, 1.165) is 0 Å². The molecule has 0 aliphatic heterocycles. The van der Waals surface area contributed by atoms with Crippen molar-refractivity contribution in [2.45, 2.75) is 0 Å². The molecule has 0 saturated carbocycles. The summed E-state index contributed by atoms with van der Waals surface area (Å²) in [5.41, 5.74) is 0. The van der Waals surface area contributed by atoms with Crippen molar-refractivity contribution < 1.29 is 63.8 Å². The Morgan fingerprint density at radius 3 is 0.750 bits per heavy atom. The quantitative estimate of drug-likeness (QED) is 0.301. The van der Waals surface area contributed by atoms with Gasteiger partial charge in [0.05, 0.1) is 0 Å². The minimum atomic E-state index is 0. The summed E-state index contributed by atoms with van der Waals surface area (Å²) in [4.78, 5) is 0. The molecule has 0 aromatic rings. The van der Waals surface area contributed by atoms with Crippen LogP contribution in [0.4, 0.5) is 0 Å². The Balaban J connectivity index is 0. The summed E-state index contributed by atoms with van der Waals surface area (Å²) in [6, 6.07) is 0. The second kappa shape index (κ2) is 17.8. The van der Waals surface area contributed by atoms with Gasteiger partial charge in [-0.3, -0.25) is 0 Å². The van der Waals surface area contributed by atoms with Crippen LogP contribution in [0.1, 0.15) is 0 Å². The number of halogens is 3. The molecule has 0 nitrogen and oxygen atoms in total. The molecule has 0 aromatic carbocycles.